The van der Waals surface area contributed by atoms with Gasteiger partial charge in [-0.1, -0.05) is 0 Å². The van der Waals surface area contributed by atoms with Gasteiger partial charge in [-0.25, -0.2) is 9.50 Å². The van der Waals surface area contributed by atoms with Crippen LogP contribution in [0.1, 0.15) is 17.7 Å². The Bertz CT molecular complexity index is 452. The number of nitrogens with zero attached hydrogens (tertiary/aromatic N) is 3. The van der Waals surface area contributed by atoms with Gasteiger partial charge in [-0.3, -0.25) is 0 Å². The summed E-state index contributed by atoms with van der Waals surface area (Å²) in [6.45, 7) is 1.86. The third kappa shape index (κ3) is 1.36. The Balaban J connectivity index is 2.66. The first-order chi connectivity index (χ1) is 6.72. The average Bonchev–Trinajstić information content (AvgIpc) is 2.62. The van der Waals surface area contributed by atoms with Gasteiger partial charge in [0.15, 0.2) is 11.9 Å². The normalized spacial score (nSPS) is 13.4. The Kier molecular flexibility index (Phi) is 2.18. The van der Waals surface area contributed by atoms with Gasteiger partial charge < -0.3 is 9.84 Å². The van der Waals surface area contributed by atoms with E-state index in [-0.39, 0.29) is 0 Å². The van der Waals surface area contributed by atoms with Crippen LogP contribution < -0.4 is 0 Å². The quantitative estimate of drug-likeness (QED) is 0.712. The first kappa shape index (κ1) is 9.11. The lowest BCUT2D eigenvalue weighted by molar-refractivity contribution is -0.0812. The van der Waals surface area contributed by atoms with Crippen LogP contribution in [0.2, 0.25) is 0 Å². The Morgan fingerprint density at radius 3 is 3.07 bits per heavy atom. The molecule has 0 amide bonds. The van der Waals surface area contributed by atoms with Gasteiger partial charge in [0.1, 0.15) is 5.69 Å². The highest BCUT2D eigenvalue weighted by Crippen LogP contribution is 2.15. The SMILES string of the molecule is COC(O)c1cc(C)nc2ccnn12. The summed E-state index contributed by atoms with van der Waals surface area (Å²) in [5, 5.41) is 13.6. The van der Waals surface area contributed by atoms with Crippen LogP contribution in [0.4, 0.5) is 0 Å². The van der Waals surface area contributed by atoms with E-state index in [9.17, 15) is 5.11 Å². The second-order valence-corrected chi connectivity index (χ2v) is 3.01. The van der Waals surface area contributed by atoms with Crippen LogP contribution in [-0.4, -0.2) is 26.8 Å². The Morgan fingerprint density at radius 1 is 1.57 bits per heavy atom. The van der Waals surface area contributed by atoms with Crippen molar-refractivity contribution in [1.29, 1.82) is 0 Å². The molecular formula is C9H11N3O2. The summed E-state index contributed by atoms with van der Waals surface area (Å²) >= 11 is 0. The molecule has 0 fully saturated rings. The molecule has 0 saturated heterocycles. The molecule has 0 spiro atoms. The minimum absolute atomic E-state index is 0.583. The highest BCUT2D eigenvalue weighted by molar-refractivity contribution is 5.38. The zero-order valence-corrected chi connectivity index (χ0v) is 8.01. The maximum Gasteiger partial charge on any atom is 0.198 e. The fourth-order valence-corrected chi connectivity index (χ4v) is 1.36. The van der Waals surface area contributed by atoms with Crippen molar-refractivity contribution in [3.05, 3.63) is 29.7 Å². The van der Waals surface area contributed by atoms with Gasteiger partial charge in [0, 0.05) is 18.9 Å². The lowest BCUT2D eigenvalue weighted by Gasteiger charge is -2.10. The van der Waals surface area contributed by atoms with E-state index in [1.165, 1.54) is 7.11 Å². The second-order valence-electron chi connectivity index (χ2n) is 3.01. The molecule has 2 heterocycles. The fourth-order valence-electron chi connectivity index (χ4n) is 1.36. The van der Waals surface area contributed by atoms with E-state index in [0.717, 1.165) is 5.69 Å². The number of aryl methyl sites for hydroxylation is 1. The molecule has 74 valence electrons. The Hall–Kier alpha value is -1.46. The van der Waals surface area contributed by atoms with E-state index >= 15 is 0 Å². The van der Waals surface area contributed by atoms with Gasteiger partial charge in [-0.05, 0) is 13.0 Å². The van der Waals surface area contributed by atoms with Crippen LogP contribution >= 0.6 is 0 Å². The average molecular weight is 193 g/mol. The molecule has 1 N–H and O–H groups in total. The van der Waals surface area contributed by atoms with E-state index < -0.39 is 6.29 Å². The summed E-state index contributed by atoms with van der Waals surface area (Å²) in [6, 6.07) is 3.52. The molecule has 0 aliphatic carbocycles. The van der Waals surface area contributed by atoms with Crippen LogP contribution in [0.5, 0.6) is 0 Å². The van der Waals surface area contributed by atoms with Crippen molar-refractivity contribution >= 4 is 5.65 Å². The van der Waals surface area contributed by atoms with E-state index in [4.69, 9.17) is 4.74 Å². The molecule has 5 heteroatoms. The van der Waals surface area contributed by atoms with E-state index in [1.807, 2.05) is 6.92 Å². The first-order valence-corrected chi connectivity index (χ1v) is 4.24. The van der Waals surface area contributed by atoms with Crippen LogP contribution in [0.25, 0.3) is 5.65 Å². The maximum atomic E-state index is 9.56. The third-order valence-electron chi connectivity index (χ3n) is 1.99. The maximum absolute atomic E-state index is 9.56. The summed E-state index contributed by atoms with van der Waals surface area (Å²) in [4.78, 5) is 4.25. The van der Waals surface area contributed by atoms with Gasteiger partial charge in [-0.15, -0.1) is 0 Å². The van der Waals surface area contributed by atoms with E-state index in [1.54, 1.807) is 22.8 Å². The van der Waals surface area contributed by atoms with Crippen LogP contribution in [0, 0.1) is 6.92 Å². The van der Waals surface area contributed by atoms with Gasteiger partial charge in [0.2, 0.25) is 0 Å². The zero-order valence-electron chi connectivity index (χ0n) is 8.01. The minimum atomic E-state index is -0.973. The molecule has 0 aromatic carbocycles. The van der Waals surface area contributed by atoms with Crippen molar-refractivity contribution in [1.82, 2.24) is 14.6 Å². The summed E-state index contributed by atoms with van der Waals surface area (Å²) in [7, 11) is 1.44. The van der Waals surface area contributed by atoms with E-state index in [0.29, 0.717) is 11.3 Å². The second kappa shape index (κ2) is 3.36. The smallest absolute Gasteiger partial charge is 0.198 e. The van der Waals surface area contributed by atoms with Crippen molar-refractivity contribution in [2.24, 2.45) is 0 Å². The van der Waals surface area contributed by atoms with Crippen LogP contribution in [0.15, 0.2) is 18.3 Å². The molecule has 2 aromatic heterocycles. The molecule has 0 aliphatic rings. The number of ether oxygens (including phenoxy) is 1. The van der Waals surface area contributed by atoms with Gasteiger partial charge >= 0.3 is 0 Å². The standard InChI is InChI=1S/C9H11N3O2/c1-6-5-7(9(13)14-2)12-8(11-6)3-4-10-12/h3-5,9,13H,1-2H3. The largest absolute Gasteiger partial charge is 0.363 e. The zero-order chi connectivity index (χ0) is 10.1. The van der Waals surface area contributed by atoms with Crippen molar-refractivity contribution in [2.45, 2.75) is 13.2 Å². The lowest BCUT2D eigenvalue weighted by atomic mass is 10.3. The van der Waals surface area contributed by atoms with Crippen molar-refractivity contribution in [3.8, 4) is 0 Å². The number of fused-ring (bicyclic) bond motifs is 1. The molecule has 2 rings (SSSR count). The number of hydrogen-bond acceptors (Lipinski definition) is 4. The summed E-state index contributed by atoms with van der Waals surface area (Å²) < 4.78 is 6.39. The molecule has 2 aromatic rings. The Labute approximate surface area is 81.0 Å². The molecule has 0 radical (unpaired) electrons. The van der Waals surface area contributed by atoms with Crippen LogP contribution in [-0.2, 0) is 4.74 Å². The molecule has 0 saturated carbocycles. The van der Waals surface area contributed by atoms with Gasteiger partial charge in [0.05, 0.1) is 6.20 Å². The lowest BCUT2D eigenvalue weighted by Crippen LogP contribution is -2.08. The molecule has 0 aliphatic heterocycles. The monoisotopic (exact) mass is 193 g/mol. The van der Waals surface area contributed by atoms with E-state index in [2.05, 4.69) is 10.1 Å². The first-order valence-electron chi connectivity index (χ1n) is 4.24. The fraction of sp³-hybridized carbons (Fsp3) is 0.333. The number of hydrogen-bond donors (Lipinski definition) is 1. The van der Waals surface area contributed by atoms with Gasteiger partial charge in [0.25, 0.3) is 0 Å². The predicted molar refractivity (Wildman–Crippen MR) is 49.7 cm³/mol. The number of aliphatic hydroxyl groups is 1. The number of rotatable bonds is 2. The number of aliphatic hydroxyl groups excluding tert-OH is 1. The molecule has 1 atom stereocenters. The van der Waals surface area contributed by atoms with Gasteiger partial charge in [-0.2, -0.15) is 5.10 Å². The molecule has 5 nitrogen and oxygen atoms in total. The minimum Gasteiger partial charge on any atom is -0.363 e. The highest BCUT2D eigenvalue weighted by atomic mass is 16.6. The predicted octanol–water partition coefficient (Wildman–Crippen LogP) is 0.675. The van der Waals surface area contributed by atoms with Crippen molar-refractivity contribution in [3.63, 3.8) is 0 Å². The van der Waals surface area contributed by atoms with Crippen LogP contribution in [0.3, 0.4) is 0 Å². The summed E-state index contributed by atoms with van der Waals surface area (Å²) in [6.07, 6.45) is 0.660. The number of aromatic nitrogens is 3. The van der Waals surface area contributed by atoms with Crippen molar-refractivity contribution in [2.75, 3.05) is 7.11 Å². The number of methoxy groups -OCH3 is 1. The van der Waals surface area contributed by atoms with Crippen molar-refractivity contribution < 1.29 is 9.84 Å². The molecular weight excluding hydrogens is 182 g/mol. The topological polar surface area (TPSA) is 59.7 Å². The summed E-state index contributed by atoms with van der Waals surface area (Å²) in [5.41, 5.74) is 2.11. The molecule has 14 heavy (non-hydrogen) atoms. The highest BCUT2D eigenvalue weighted by Gasteiger charge is 2.12. The molecule has 1 unspecified atom stereocenters. The molecule has 0 bridgehead atoms. The summed E-state index contributed by atoms with van der Waals surface area (Å²) in [5.74, 6) is 0. The Morgan fingerprint density at radius 2 is 2.36 bits per heavy atom. The third-order valence-corrected chi connectivity index (χ3v) is 1.99.